The second-order valence-corrected chi connectivity index (χ2v) is 7.26. The van der Waals surface area contributed by atoms with E-state index in [-0.39, 0.29) is 21.5 Å². The van der Waals surface area contributed by atoms with Gasteiger partial charge >= 0.3 is 0 Å². The van der Waals surface area contributed by atoms with Gasteiger partial charge in [-0.25, -0.2) is 8.42 Å². The molecular weight excluding hydrogens is 363 g/mol. The molecule has 0 bridgehead atoms. The van der Waals surface area contributed by atoms with Gasteiger partial charge in [0.2, 0.25) is 0 Å². The molecule has 122 valence electrons. The first kappa shape index (κ1) is 16.0. The first-order chi connectivity index (χ1) is 10.8. The Bertz CT molecular complexity index is 994. The Balaban J connectivity index is 2.08. The molecule has 2 heterocycles. The molecule has 0 aliphatic carbocycles. The number of methoxy groups -OCH3 is 1. The van der Waals surface area contributed by atoms with Gasteiger partial charge in [0.25, 0.3) is 15.9 Å². The minimum absolute atomic E-state index is 0.0528. The number of ether oxygens (including phenoxy) is 1. The SMILES string of the molecule is COc1nn(C)cc1NS(=O)(=O)c1c[nH]c2cc(Cl)c(Cl)cc12. The first-order valence-corrected chi connectivity index (χ1v) is 8.62. The number of anilines is 1. The number of hydrogen-bond donors (Lipinski definition) is 2. The van der Waals surface area contributed by atoms with E-state index in [1.54, 1.807) is 13.1 Å². The van der Waals surface area contributed by atoms with Crippen molar-refractivity contribution in [2.24, 2.45) is 7.05 Å². The lowest BCUT2D eigenvalue weighted by atomic mass is 10.2. The van der Waals surface area contributed by atoms with Crippen LogP contribution in [-0.4, -0.2) is 30.3 Å². The largest absolute Gasteiger partial charge is 0.478 e. The van der Waals surface area contributed by atoms with Crippen LogP contribution in [0.3, 0.4) is 0 Å². The normalized spacial score (nSPS) is 11.8. The second-order valence-electron chi connectivity index (χ2n) is 4.80. The van der Waals surface area contributed by atoms with E-state index in [2.05, 4.69) is 14.8 Å². The summed E-state index contributed by atoms with van der Waals surface area (Å²) in [7, 11) is -0.791. The second kappa shape index (κ2) is 5.63. The summed E-state index contributed by atoms with van der Waals surface area (Å²) >= 11 is 11.9. The number of hydrogen-bond acceptors (Lipinski definition) is 4. The van der Waals surface area contributed by atoms with Gasteiger partial charge < -0.3 is 9.72 Å². The van der Waals surface area contributed by atoms with Crippen molar-refractivity contribution in [1.82, 2.24) is 14.8 Å². The number of halogens is 2. The molecule has 10 heteroatoms. The fourth-order valence-electron chi connectivity index (χ4n) is 2.20. The lowest BCUT2D eigenvalue weighted by Gasteiger charge is -2.06. The molecule has 0 spiro atoms. The monoisotopic (exact) mass is 374 g/mol. The molecule has 0 fully saturated rings. The Morgan fingerprint density at radius 3 is 2.70 bits per heavy atom. The predicted molar refractivity (Wildman–Crippen MR) is 88.9 cm³/mol. The molecule has 23 heavy (non-hydrogen) atoms. The van der Waals surface area contributed by atoms with Gasteiger partial charge in [-0.05, 0) is 12.1 Å². The molecule has 0 aliphatic rings. The average Bonchev–Trinajstić information content (AvgIpc) is 3.02. The summed E-state index contributed by atoms with van der Waals surface area (Å²) in [6.07, 6.45) is 2.89. The summed E-state index contributed by atoms with van der Waals surface area (Å²) in [6.45, 7) is 0. The number of benzene rings is 1. The van der Waals surface area contributed by atoms with Crippen LogP contribution < -0.4 is 9.46 Å². The number of nitrogens with one attached hydrogen (secondary N) is 2. The Morgan fingerprint density at radius 1 is 1.30 bits per heavy atom. The van der Waals surface area contributed by atoms with Gasteiger partial charge in [-0.1, -0.05) is 23.2 Å². The van der Waals surface area contributed by atoms with Gasteiger partial charge in [0.1, 0.15) is 10.6 Å². The third-order valence-electron chi connectivity index (χ3n) is 3.21. The van der Waals surface area contributed by atoms with Crippen LogP contribution >= 0.6 is 23.2 Å². The number of aromatic amines is 1. The van der Waals surface area contributed by atoms with Crippen molar-refractivity contribution in [2.75, 3.05) is 11.8 Å². The van der Waals surface area contributed by atoms with Crippen molar-refractivity contribution >= 4 is 49.8 Å². The lowest BCUT2D eigenvalue weighted by Crippen LogP contribution is -2.12. The molecule has 0 atom stereocenters. The number of fused-ring (bicyclic) bond motifs is 1. The van der Waals surface area contributed by atoms with Gasteiger partial charge in [0, 0.05) is 24.1 Å². The van der Waals surface area contributed by atoms with Crippen molar-refractivity contribution in [3.63, 3.8) is 0 Å². The van der Waals surface area contributed by atoms with Gasteiger partial charge in [0.05, 0.1) is 23.4 Å². The van der Waals surface area contributed by atoms with Crippen LogP contribution in [0.4, 0.5) is 5.69 Å². The molecule has 2 N–H and O–H groups in total. The van der Waals surface area contributed by atoms with Crippen LogP contribution in [0, 0.1) is 0 Å². The molecule has 0 saturated heterocycles. The van der Waals surface area contributed by atoms with Gasteiger partial charge in [-0.2, -0.15) is 0 Å². The number of aromatic nitrogens is 3. The van der Waals surface area contributed by atoms with Gasteiger partial charge in [-0.15, -0.1) is 5.10 Å². The summed E-state index contributed by atoms with van der Waals surface area (Å²) in [5.41, 5.74) is 0.808. The number of H-pyrrole nitrogens is 1. The molecule has 0 saturated carbocycles. The molecule has 0 radical (unpaired) electrons. The highest BCUT2D eigenvalue weighted by molar-refractivity contribution is 7.93. The molecule has 0 amide bonds. The van der Waals surface area contributed by atoms with Crippen LogP contribution in [0.15, 0.2) is 29.4 Å². The van der Waals surface area contributed by atoms with Gasteiger partial charge in [-0.3, -0.25) is 9.40 Å². The highest BCUT2D eigenvalue weighted by Crippen LogP contribution is 2.33. The average molecular weight is 375 g/mol. The van der Waals surface area contributed by atoms with E-state index in [1.165, 1.54) is 30.3 Å². The zero-order chi connectivity index (χ0) is 16.8. The Labute approximate surface area is 142 Å². The van der Waals surface area contributed by atoms with Crippen molar-refractivity contribution < 1.29 is 13.2 Å². The summed E-state index contributed by atoms with van der Waals surface area (Å²) in [5, 5.41) is 5.06. The number of sulfonamides is 1. The molecule has 7 nitrogen and oxygen atoms in total. The maximum absolute atomic E-state index is 12.7. The van der Waals surface area contributed by atoms with E-state index >= 15 is 0 Å². The number of nitrogens with zero attached hydrogens (tertiary/aromatic N) is 2. The van der Waals surface area contributed by atoms with E-state index in [1.807, 2.05) is 0 Å². The van der Waals surface area contributed by atoms with Crippen LogP contribution in [0.5, 0.6) is 5.88 Å². The van der Waals surface area contributed by atoms with Crippen LogP contribution in [0.1, 0.15) is 0 Å². The smallest absolute Gasteiger partial charge is 0.264 e. The fraction of sp³-hybridized carbons (Fsp3) is 0.154. The molecule has 3 aromatic rings. The zero-order valence-corrected chi connectivity index (χ0v) is 14.4. The minimum atomic E-state index is -3.86. The molecule has 1 aromatic carbocycles. The predicted octanol–water partition coefficient (Wildman–Crippen LogP) is 3.02. The maximum Gasteiger partial charge on any atom is 0.264 e. The number of rotatable bonds is 4. The summed E-state index contributed by atoms with van der Waals surface area (Å²) in [4.78, 5) is 2.92. The minimum Gasteiger partial charge on any atom is -0.478 e. The van der Waals surface area contributed by atoms with E-state index in [0.29, 0.717) is 15.9 Å². The van der Waals surface area contributed by atoms with Crippen molar-refractivity contribution in [3.05, 3.63) is 34.6 Å². The van der Waals surface area contributed by atoms with Crippen LogP contribution in [-0.2, 0) is 17.1 Å². The summed E-state index contributed by atoms with van der Waals surface area (Å²) in [5.74, 6) is 0.178. The highest BCUT2D eigenvalue weighted by atomic mass is 35.5. The first-order valence-electron chi connectivity index (χ1n) is 6.38. The van der Waals surface area contributed by atoms with E-state index in [9.17, 15) is 8.42 Å². The quantitative estimate of drug-likeness (QED) is 0.734. The van der Waals surface area contributed by atoms with Crippen LogP contribution in [0.25, 0.3) is 10.9 Å². The topological polar surface area (TPSA) is 89.0 Å². The molecule has 0 aliphatic heterocycles. The highest BCUT2D eigenvalue weighted by Gasteiger charge is 2.22. The van der Waals surface area contributed by atoms with Crippen molar-refractivity contribution in [1.29, 1.82) is 0 Å². The third-order valence-corrected chi connectivity index (χ3v) is 5.33. The zero-order valence-electron chi connectivity index (χ0n) is 12.1. The summed E-state index contributed by atoms with van der Waals surface area (Å²) in [6, 6.07) is 3.08. The van der Waals surface area contributed by atoms with Gasteiger partial charge in [0.15, 0.2) is 0 Å². The third kappa shape index (κ3) is 2.85. The molecule has 3 rings (SSSR count). The lowest BCUT2D eigenvalue weighted by molar-refractivity contribution is 0.393. The van der Waals surface area contributed by atoms with Crippen molar-refractivity contribution in [2.45, 2.75) is 4.90 Å². The molecule has 2 aromatic heterocycles. The standard InChI is InChI=1S/C13H12Cl2N4O3S/c1-19-6-11(13(17-19)22-2)18-23(20,21)12-5-16-10-4-9(15)8(14)3-7(10)12/h3-6,16,18H,1-2H3. The Morgan fingerprint density at radius 2 is 2.00 bits per heavy atom. The van der Waals surface area contributed by atoms with Crippen molar-refractivity contribution in [3.8, 4) is 5.88 Å². The number of aryl methyl sites for hydroxylation is 1. The fourth-order valence-corrected chi connectivity index (χ4v) is 3.74. The molecular formula is C13H12Cl2N4O3S. The molecule has 0 unspecified atom stereocenters. The van der Waals surface area contributed by atoms with E-state index in [4.69, 9.17) is 27.9 Å². The Kier molecular flexibility index (Phi) is 3.91. The maximum atomic E-state index is 12.7. The van der Waals surface area contributed by atoms with Crippen LogP contribution in [0.2, 0.25) is 10.0 Å². The van der Waals surface area contributed by atoms with E-state index < -0.39 is 10.0 Å². The summed E-state index contributed by atoms with van der Waals surface area (Å²) < 4.78 is 34.2. The Hall–Kier alpha value is -1.90. The van der Waals surface area contributed by atoms with E-state index in [0.717, 1.165) is 0 Å².